The summed E-state index contributed by atoms with van der Waals surface area (Å²) in [5, 5.41) is 13.5. The van der Waals surface area contributed by atoms with Gasteiger partial charge in [-0.25, -0.2) is 0 Å². The average Bonchev–Trinajstić information content (AvgIpc) is 2.20. The first kappa shape index (κ1) is 16.9. The van der Waals surface area contributed by atoms with Crippen LogP contribution in [0.4, 0.5) is 0 Å². The van der Waals surface area contributed by atoms with E-state index in [2.05, 4.69) is 10.6 Å². The van der Waals surface area contributed by atoms with Crippen LogP contribution in [0.15, 0.2) is 0 Å². The van der Waals surface area contributed by atoms with E-state index in [1.54, 1.807) is 0 Å². The maximum Gasteiger partial charge on any atom is 0.188 e. The zero-order chi connectivity index (χ0) is 14.3. The quantitative estimate of drug-likeness (QED) is 0.327. The second-order valence-corrected chi connectivity index (χ2v) is 5.96. The Morgan fingerprint density at radius 1 is 1.33 bits per heavy atom. The van der Waals surface area contributed by atoms with Crippen LogP contribution in [0.3, 0.4) is 0 Å². The fourth-order valence-corrected chi connectivity index (χ4v) is 1.56. The largest absolute Gasteiger partial charge is 0.357 e. The van der Waals surface area contributed by atoms with Crippen LogP contribution in [0.25, 0.3) is 0 Å². The smallest absolute Gasteiger partial charge is 0.188 e. The molecule has 0 bridgehead atoms. The number of nitrogens with one attached hydrogen (secondary N) is 3. The Morgan fingerprint density at radius 2 is 1.89 bits per heavy atom. The molecular formula is C13H28N4O. The highest BCUT2D eigenvalue weighted by Gasteiger charge is 2.26. The van der Waals surface area contributed by atoms with Crippen molar-refractivity contribution in [3.8, 4) is 0 Å². The van der Waals surface area contributed by atoms with Gasteiger partial charge < -0.3 is 16.4 Å². The summed E-state index contributed by atoms with van der Waals surface area (Å²) in [6.45, 7) is 10.3. The Morgan fingerprint density at radius 3 is 2.33 bits per heavy atom. The molecule has 0 aliphatic heterocycles. The molecular weight excluding hydrogens is 228 g/mol. The summed E-state index contributed by atoms with van der Waals surface area (Å²) in [6.07, 6.45) is 1.43. The molecule has 1 unspecified atom stereocenters. The monoisotopic (exact) mass is 256 g/mol. The fourth-order valence-electron chi connectivity index (χ4n) is 1.56. The zero-order valence-corrected chi connectivity index (χ0v) is 12.3. The molecule has 0 aliphatic carbocycles. The van der Waals surface area contributed by atoms with Crippen molar-refractivity contribution in [1.82, 2.24) is 10.6 Å². The summed E-state index contributed by atoms with van der Waals surface area (Å²) in [5.74, 6) is 0.415. The van der Waals surface area contributed by atoms with Crippen LogP contribution in [0, 0.1) is 10.8 Å². The summed E-state index contributed by atoms with van der Waals surface area (Å²) in [6, 6.07) is -0.159. The summed E-state index contributed by atoms with van der Waals surface area (Å²) < 4.78 is 0. The van der Waals surface area contributed by atoms with Crippen molar-refractivity contribution in [3.63, 3.8) is 0 Å². The number of rotatable bonds is 6. The average molecular weight is 256 g/mol. The molecule has 0 amide bonds. The molecule has 0 heterocycles. The normalized spacial score (nSPS) is 13.3. The van der Waals surface area contributed by atoms with Gasteiger partial charge in [-0.3, -0.25) is 10.2 Å². The van der Waals surface area contributed by atoms with Crippen LogP contribution in [-0.2, 0) is 4.79 Å². The van der Waals surface area contributed by atoms with E-state index in [1.807, 2.05) is 34.6 Å². The first-order chi connectivity index (χ1) is 8.14. The Hall–Kier alpha value is -1.10. The maximum absolute atomic E-state index is 11.8. The summed E-state index contributed by atoms with van der Waals surface area (Å²) in [4.78, 5) is 11.8. The third-order valence-corrected chi connectivity index (χ3v) is 2.50. The van der Waals surface area contributed by atoms with Gasteiger partial charge in [0.05, 0.1) is 6.04 Å². The summed E-state index contributed by atoms with van der Waals surface area (Å²) in [7, 11) is 0. The Bertz CT molecular complexity index is 281. The van der Waals surface area contributed by atoms with Crippen LogP contribution in [0.2, 0.25) is 0 Å². The maximum atomic E-state index is 11.8. The SMILES string of the molecule is CC(C)NC(=N)NCCCC(N)C(=O)C(C)(C)C. The first-order valence-electron chi connectivity index (χ1n) is 6.53. The molecule has 0 aliphatic rings. The molecule has 0 spiro atoms. The minimum absolute atomic E-state index is 0.0953. The molecule has 18 heavy (non-hydrogen) atoms. The van der Waals surface area contributed by atoms with E-state index in [0.717, 1.165) is 6.42 Å². The van der Waals surface area contributed by atoms with Crippen molar-refractivity contribution >= 4 is 11.7 Å². The minimum atomic E-state index is -0.404. The molecule has 0 aromatic rings. The molecule has 0 aromatic carbocycles. The van der Waals surface area contributed by atoms with Crippen LogP contribution >= 0.6 is 0 Å². The molecule has 0 aromatic heterocycles. The lowest BCUT2D eigenvalue weighted by molar-refractivity contribution is -0.127. The van der Waals surface area contributed by atoms with Gasteiger partial charge in [-0.1, -0.05) is 20.8 Å². The lowest BCUT2D eigenvalue weighted by Crippen LogP contribution is -2.42. The van der Waals surface area contributed by atoms with E-state index in [9.17, 15) is 4.79 Å². The van der Waals surface area contributed by atoms with E-state index in [1.165, 1.54) is 0 Å². The summed E-state index contributed by atoms with van der Waals surface area (Å²) >= 11 is 0. The van der Waals surface area contributed by atoms with Gasteiger partial charge >= 0.3 is 0 Å². The van der Waals surface area contributed by atoms with Crippen molar-refractivity contribution in [2.75, 3.05) is 6.54 Å². The molecule has 5 nitrogen and oxygen atoms in total. The van der Waals surface area contributed by atoms with Gasteiger partial charge in [-0.05, 0) is 26.7 Å². The predicted molar refractivity (Wildman–Crippen MR) is 75.7 cm³/mol. The van der Waals surface area contributed by atoms with Gasteiger partial charge in [0, 0.05) is 18.0 Å². The van der Waals surface area contributed by atoms with Gasteiger partial charge in [-0.15, -0.1) is 0 Å². The number of ketones is 1. The topological polar surface area (TPSA) is 91.0 Å². The van der Waals surface area contributed by atoms with Crippen LogP contribution in [0.5, 0.6) is 0 Å². The Labute approximate surface area is 110 Å². The molecule has 106 valence electrons. The van der Waals surface area contributed by atoms with E-state index >= 15 is 0 Å². The highest BCUT2D eigenvalue weighted by molar-refractivity contribution is 5.88. The van der Waals surface area contributed by atoms with Gasteiger partial charge in [0.1, 0.15) is 0 Å². The fraction of sp³-hybridized carbons (Fsp3) is 0.846. The van der Waals surface area contributed by atoms with Crippen LogP contribution < -0.4 is 16.4 Å². The standard InChI is InChI=1S/C13H28N4O/c1-9(2)17-12(15)16-8-6-7-10(14)11(18)13(3,4)5/h9-10H,6-8,14H2,1-5H3,(H3,15,16,17). The van der Waals surface area contributed by atoms with Crippen LogP contribution in [-0.4, -0.2) is 30.4 Å². The second kappa shape index (κ2) is 7.36. The number of guanidine groups is 1. The Balaban J connectivity index is 3.79. The van der Waals surface area contributed by atoms with Crippen molar-refractivity contribution in [1.29, 1.82) is 5.41 Å². The highest BCUT2D eigenvalue weighted by Crippen LogP contribution is 2.17. The highest BCUT2D eigenvalue weighted by atomic mass is 16.1. The molecule has 5 heteroatoms. The zero-order valence-electron chi connectivity index (χ0n) is 12.3. The molecule has 1 atom stereocenters. The van der Waals surface area contributed by atoms with Gasteiger partial charge in [0.15, 0.2) is 11.7 Å². The molecule has 0 radical (unpaired) electrons. The minimum Gasteiger partial charge on any atom is -0.357 e. The van der Waals surface area contributed by atoms with E-state index in [0.29, 0.717) is 18.9 Å². The molecule has 0 rings (SSSR count). The predicted octanol–water partition coefficient (Wildman–Crippen LogP) is 1.23. The van der Waals surface area contributed by atoms with Crippen molar-refractivity contribution < 1.29 is 4.79 Å². The molecule has 0 saturated heterocycles. The second-order valence-electron chi connectivity index (χ2n) is 5.96. The number of carbonyl (C=O) groups is 1. The molecule has 0 fully saturated rings. The van der Waals surface area contributed by atoms with Crippen molar-refractivity contribution in [2.45, 2.75) is 59.5 Å². The molecule has 5 N–H and O–H groups in total. The number of carbonyl (C=O) groups excluding carboxylic acids is 1. The number of hydrogen-bond acceptors (Lipinski definition) is 3. The molecule has 0 saturated carbocycles. The summed E-state index contributed by atoms with van der Waals surface area (Å²) in [5.41, 5.74) is 5.48. The van der Waals surface area contributed by atoms with Crippen molar-refractivity contribution in [3.05, 3.63) is 0 Å². The van der Waals surface area contributed by atoms with Crippen LogP contribution in [0.1, 0.15) is 47.5 Å². The van der Waals surface area contributed by atoms with Crippen molar-refractivity contribution in [2.24, 2.45) is 11.1 Å². The third kappa shape index (κ3) is 7.27. The third-order valence-electron chi connectivity index (χ3n) is 2.50. The number of Topliss-reactive ketones (excluding diaryl/α,β-unsaturated/α-hetero) is 1. The van der Waals surface area contributed by atoms with E-state index in [4.69, 9.17) is 11.1 Å². The first-order valence-corrected chi connectivity index (χ1v) is 6.53. The number of hydrogen-bond donors (Lipinski definition) is 4. The number of nitrogens with two attached hydrogens (primary N) is 1. The lowest BCUT2D eigenvalue weighted by atomic mass is 9.85. The van der Waals surface area contributed by atoms with E-state index in [-0.39, 0.29) is 17.2 Å². The van der Waals surface area contributed by atoms with E-state index < -0.39 is 6.04 Å². The lowest BCUT2D eigenvalue weighted by Gasteiger charge is -2.21. The van der Waals surface area contributed by atoms with Gasteiger partial charge in [-0.2, -0.15) is 0 Å². The van der Waals surface area contributed by atoms with Gasteiger partial charge in [0.25, 0.3) is 0 Å². The van der Waals surface area contributed by atoms with Gasteiger partial charge in [0.2, 0.25) is 0 Å². The Kier molecular flexibility index (Phi) is 6.91.